The Morgan fingerprint density at radius 1 is 1.22 bits per heavy atom. The van der Waals surface area contributed by atoms with E-state index in [1.807, 2.05) is 20.8 Å². The predicted molar refractivity (Wildman–Crippen MR) is 114 cm³/mol. The fourth-order valence-corrected chi connectivity index (χ4v) is 4.75. The summed E-state index contributed by atoms with van der Waals surface area (Å²) in [5, 5.41) is 2.73. The number of nitrogens with one attached hydrogen (secondary N) is 1. The van der Waals surface area contributed by atoms with E-state index in [1.165, 1.54) is 23.5 Å². The van der Waals surface area contributed by atoms with Crippen LogP contribution in [0.2, 0.25) is 0 Å². The van der Waals surface area contributed by atoms with Crippen LogP contribution in [0.5, 0.6) is 0 Å². The molecular weight excluding hydrogens is 441 g/mol. The third kappa shape index (κ3) is 7.27. The van der Waals surface area contributed by atoms with Gasteiger partial charge in [0.05, 0.1) is 17.4 Å². The molecule has 1 saturated heterocycles. The third-order valence-corrected chi connectivity index (χ3v) is 6.71. The van der Waals surface area contributed by atoms with E-state index in [4.69, 9.17) is 4.74 Å². The summed E-state index contributed by atoms with van der Waals surface area (Å²) in [6, 6.07) is 4.48. The molecule has 2 rings (SSSR count). The fraction of sp³-hybridized carbons (Fsp3) is 0.571. The quantitative estimate of drug-likeness (QED) is 0.597. The van der Waals surface area contributed by atoms with Crippen LogP contribution in [0.1, 0.15) is 33.6 Å². The molecule has 1 aromatic carbocycles. The lowest BCUT2D eigenvalue weighted by molar-refractivity contribution is -0.156. The smallest absolute Gasteiger partial charge is 0.310 e. The summed E-state index contributed by atoms with van der Waals surface area (Å²) >= 11 is 0. The Labute approximate surface area is 187 Å². The number of nitrogens with zero attached hydrogens (tertiary/aromatic N) is 2. The number of carbonyl (C=O) groups is 3. The zero-order valence-electron chi connectivity index (χ0n) is 18.8. The molecule has 11 heteroatoms. The first-order valence-corrected chi connectivity index (χ1v) is 11.7. The molecule has 32 heavy (non-hydrogen) atoms. The maximum absolute atomic E-state index is 13.1. The lowest BCUT2D eigenvalue weighted by atomic mass is 10.00. The summed E-state index contributed by atoms with van der Waals surface area (Å²) in [6.07, 6.45) is 0.868. The molecule has 0 spiro atoms. The standard InChI is InChI=1S/C21H30FN3O6S/c1-21(2,3)23-18(26)13-24(4)19(27)14-31-20(28)15-6-5-11-25(12-15)32(29,30)17-9-7-16(22)8-10-17/h7-10,15H,5-6,11-14H2,1-4H3,(H,23,26). The van der Waals surface area contributed by atoms with Crippen LogP contribution in [-0.2, 0) is 29.1 Å². The summed E-state index contributed by atoms with van der Waals surface area (Å²) in [6.45, 7) is 4.87. The van der Waals surface area contributed by atoms with E-state index in [9.17, 15) is 27.2 Å². The van der Waals surface area contributed by atoms with Crippen molar-refractivity contribution >= 4 is 27.8 Å². The first-order valence-electron chi connectivity index (χ1n) is 10.3. The third-order valence-electron chi connectivity index (χ3n) is 4.83. The van der Waals surface area contributed by atoms with Gasteiger partial charge in [0.25, 0.3) is 5.91 Å². The molecule has 1 atom stereocenters. The highest BCUT2D eigenvalue weighted by molar-refractivity contribution is 7.89. The number of likely N-dealkylation sites (N-methyl/N-ethyl adjacent to an activating group) is 1. The minimum Gasteiger partial charge on any atom is -0.455 e. The van der Waals surface area contributed by atoms with Crippen molar-refractivity contribution in [3.05, 3.63) is 30.1 Å². The number of piperidine rings is 1. The van der Waals surface area contributed by atoms with Gasteiger partial charge in [-0.2, -0.15) is 4.31 Å². The summed E-state index contributed by atoms with van der Waals surface area (Å²) in [4.78, 5) is 37.7. The van der Waals surface area contributed by atoms with E-state index < -0.39 is 45.8 Å². The molecule has 2 amide bonds. The molecule has 1 heterocycles. The lowest BCUT2D eigenvalue weighted by Crippen LogP contribution is -2.47. The maximum atomic E-state index is 13.1. The van der Waals surface area contributed by atoms with Gasteiger partial charge in [-0.05, 0) is 57.9 Å². The number of sulfonamides is 1. The molecule has 1 N–H and O–H groups in total. The molecule has 0 aromatic heterocycles. The molecule has 178 valence electrons. The summed E-state index contributed by atoms with van der Waals surface area (Å²) in [5.74, 6) is -2.83. The van der Waals surface area contributed by atoms with E-state index in [1.54, 1.807) is 0 Å². The van der Waals surface area contributed by atoms with Crippen LogP contribution >= 0.6 is 0 Å². The highest BCUT2D eigenvalue weighted by atomic mass is 32.2. The molecule has 0 aliphatic carbocycles. The Morgan fingerprint density at radius 3 is 2.44 bits per heavy atom. The Morgan fingerprint density at radius 2 is 1.84 bits per heavy atom. The van der Waals surface area contributed by atoms with Crippen LogP contribution in [0.4, 0.5) is 4.39 Å². The highest BCUT2D eigenvalue weighted by Crippen LogP contribution is 2.24. The van der Waals surface area contributed by atoms with Crippen LogP contribution < -0.4 is 5.32 Å². The number of hydrogen-bond donors (Lipinski definition) is 1. The second-order valence-corrected chi connectivity index (χ2v) is 10.7. The van der Waals surface area contributed by atoms with Crippen molar-refractivity contribution in [2.45, 2.75) is 44.0 Å². The van der Waals surface area contributed by atoms with E-state index >= 15 is 0 Å². The Balaban J connectivity index is 1.90. The molecule has 1 aliphatic rings. The molecular formula is C21H30FN3O6S. The van der Waals surface area contributed by atoms with E-state index in [2.05, 4.69) is 5.32 Å². The number of benzene rings is 1. The summed E-state index contributed by atoms with van der Waals surface area (Å²) in [7, 11) is -2.45. The SMILES string of the molecule is CN(CC(=O)NC(C)(C)C)C(=O)COC(=O)C1CCCN(S(=O)(=O)c2ccc(F)cc2)C1. The van der Waals surface area contributed by atoms with Crippen molar-refractivity contribution in [3.63, 3.8) is 0 Å². The van der Waals surface area contributed by atoms with Crippen molar-refractivity contribution in [2.75, 3.05) is 33.3 Å². The first kappa shape index (κ1) is 25.7. The van der Waals surface area contributed by atoms with Crippen LogP contribution in [-0.4, -0.2) is 74.2 Å². The molecule has 1 aromatic rings. The van der Waals surface area contributed by atoms with Gasteiger partial charge < -0.3 is 15.0 Å². The molecule has 0 bridgehead atoms. The lowest BCUT2D eigenvalue weighted by Gasteiger charge is -2.30. The Bertz CT molecular complexity index is 943. The van der Waals surface area contributed by atoms with Crippen molar-refractivity contribution < 1.29 is 31.9 Å². The molecule has 1 unspecified atom stereocenters. The number of carbonyl (C=O) groups excluding carboxylic acids is 3. The van der Waals surface area contributed by atoms with Crippen molar-refractivity contribution in [2.24, 2.45) is 5.92 Å². The zero-order chi connectivity index (χ0) is 24.1. The molecule has 1 aliphatic heterocycles. The van der Waals surface area contributed by atoms with Gasteiger partial charge in [-0.15, -0.1) is 0 Å². The second-order valence-electron chi connectivity index (χ2n) is 8.81. The molecule has 0 radical (unpaired) electrons. The van der Waals surface area contributed by atoms with Gasteiger partial charge in [-0.3, -0.25) is 14.4 Å². The number of amides is 2. The fourth-order valence-electron chi connectivity index (χ4n) is 3.23. The number of rotatable bonds is 7. The van der Waals surface area contributed by atoms with Gasteiger partial charge in [0, 0.05) is 25.7 Å². The van der Waals surface area contributed by atoms with E-state index in [-0.39, 0.29) is 30.4 Å². The number of ether oxygens (including phenoxy) is 1. The summed E-state index contributed by atoms with van der Waals surface area (Å²) < 4.78 is 44.9. The Kier molecular flexibility index (Phi) is 8.35. The van der Waals surface area contributed by atoms with Crippen molar-refractivity contribution in [3.8, 4) is 0 Å². The summed E-state index contributed by atoms with van der Waals surface area (Å²) in [5.41, 5.74) is -0.436. The van der Waals surface area contributed by atoms with Gasteiger partial charge >= 0.3 is 5.97 Å². The van der Waals surface area contributed by atoms with Gasteiger partial charge in [-0.1, -0.05) is 0 Å². The van der Waals surface area contributed by atoms with Crippen LogP contribution in [0.15, 0.2) is 29.2 Å². The minimum atomic E-state index is -3.88. The monoisotopic (exact) mass is 471 g/mol. The number of halogens is 1. The zero-order valence-corrected chi connectivity index (χ0v) is 19.6. The largest absolute Gasteiger partial charge is 0.455 e. The maximum Gasteiger partial charge on any atom is 0.310 e. The van der Waals surface area contributed by atoms with Gasteiger partial charge in [0.15, 0.2) is 6.61 Å². The number of hydrogen-bond acceptors (Lipinski definition) is 6. The molecule has 0 saturated carbocycles. The molecule has 1 fully saturated rings. The molecule has 9 nitrogen and oxygen atoms in total. The predicted octanol–water partition coefficient (Wildman–Crippen LogP) is 1.14. The minimum absolute atomic E-state index is 0.0572. The van der Waals surface area contributed by atoms with Gasteiger partial charge in [0.1, 0.15) is 5.82 Å². The number of esters is 1. The topological polar surface area (TPSA) is 113 Å². The van der Waals surface area contributed by atoms with Crippen LogP contribution in [0.25, 0.3) is 0 Å². The normalized spacial score (nSPS) is 17.5. The van der Waals surface area contributed by atoms with Gasteiger partial charge in [0.2, 0.25) is 15.9 Å². The average Bonchev–Trinajstić information content (AvgIpc) is 2.70. The highest BCUT2D eigenvalue weighted by Gasteiger charge is 2.34. The van der Waals surface area contributed by atoms with Crippen LogP contribution in [0.3, 0.4) is 0 Å². The Hall–Kier alpha value is -2.53. The second kappa shape index (κ2) is 10.4. The van der Waals surface area contributed by atoms with E-state index in [0.717, 1.165) is 17.0 Å². The average molecular weight is 472 g/mol. The first-order chi connectivity index (χ1) is 14.8. The van der Waals surface area contributed by atoms with Crippen molar-refractivity contribution in [1.29, 1.82) is 0 Å². The van der Waals surface area contributed by atoms with Crippen LogP contribution in [0, 0.1) is 11.7 Å². The van der Waals surface area contributed by atoms with E-state index in [0.29, 0.717) is 12.8 Å². The van der Waals surface area contributed by atoms with Gasteiger partial charge in [-0.25, -0.2) is 12.8 Å². The van der Waals surface area contributed by atoms with Crippen molar-refractivity contribution in [1.82, 2.24) is 14.5 Å².